The second-order valence-corrected chi connectivity index (χ2v) is 12.6. The molecule has 0 atom stereocenters. The molecule has 0 N–H and O–H groups in total. The molecule has 0 radical (unpaired) electrons. The number of aromatic nitrogens is 1. The summed E-state index contributed by atoms with van der Waals surface area (Å²) in [5.41, 5.74) is -6.25. The van der Waals surface area contributed by atoms with E-state index < -0.39 is 73.2 Å². The predicted molar refractivity (Wildman–Crippen MR) is 147 cm³/mol. The quantitative estimate of drug-likeness (QED) is 0.193. The lowest BCUT2D eigenvalue weighted by Gasteiger charge is -2.18. The number of alkyl halides is 6. The van der Waals surface area contributed by atoms with Crippen LogP contribution in [0.25, 0.3) is 22.4 Å². The second-order valence-electron chi connectivity index (χ2n) is 10.6. The van der Waals surface area contributed by atoms with Gasteiger partial charge >= 0.3 is 12.4 Å². The van der Waals surface area contributed by atoms with E-state index in [9.17, 15) is 53.6 Å². The van der Waals surface area contributed by atoms with Crippen LogP contribution in [0.4, 0.5) is 35.1 Å². The largest absolute Gasteiger partial charge is 0.417 e. The Hall–Kier alpha value is -4.51. The standard InChI is InChI=1S/C31H20F8N2O3S/c32-23-8-7-20(27(33)12-23)15-41-28(13-26(31(37,38)39)25(14-40)29(41)42)19-5-3-18(4-6-19)21-9-22(30(34,35)36)11-24(10-21)45(43,44)16-17-1-2-17/h3-13,17H,1-2,15-16H2. The number of hydrogen-bond donors (Lipinski definition) is 0. The van der Waals surface area contributed by atoms with E-state index in [1.54, 1.807) is 0 Å². The molecule has 0 amide bonds. The van der Waals surface area contributed by atoms with Crippen molar-refractivity contribution < 1.29 is 43.5 Å². The fraction of sp³-hybridized carbons (Fsp3) is 0.226. The van der Waals surface area contributed by atoms with Crippen LogP contribution in [0, 0.1) is 28.9 Å². The summed E-state index contributed by atoms with van der Waals surface area (Å²) in [5, 5.41) is 9.37. The zero-order valence-electron chi connectivity index (χ0n) is 22.8. The topological polar surface area (TPSA) is 79.9 Å². The maximum atomic E-state index is 14.5. The molecule has 1 aliphatic rings. The lowest BCUT2D eigenvalue weighted by Crippen LogP contribution is -2.29. The Morgan fingerprint density at radius 3 is 2.02 bits per heavy atom. The molecule has 1 aromatic heterocycles. The number of rotatable bonds is 7. The number of nitriles is 1. The zero-order chi connectivity index (χ0) is 32.9. The average Bonchev–Trinajstić information content (AvgIpc) is 3.77. The molecule has 234 valence electrons. The van der Waals surface area contributed by atoms with Crippen molar-refractivity contribution in [2.75, 3.05) is 5.75 Å². The third-order valence-corrected chi connectivity index (χ3v) is 9.18. The minimum Gasteiger partial charge on any atom is -0.303 e. The van der Waals surface area contributed by atoms with Gasteiger partial charge in [0.2, 0.25) is 0 Å². The average molecular weight is 653 g/mol. The van der Waals surface area contributed by atoms with Gasteiger partial charge in [0, 0.05) is 11.6 Å². The number of benzene rings is 3. The fourth-order valence-corrected chi connectivity index (χ4v) is 6.59. The van der Waals surface area contributed by atoms with Gasteiger partial charge in [0.05, 0.1) is 34.0 Å². The Bertz CT molecular complexity index is 2010. The van der Waals surface area contributed by atoms with Crippen LogP contribution in [0.2, 0.25) is 0 Å². The van der Waals surface area contributed by atoms with Crippen molar-refractivity contribution >= 4 is 9.84 Å². The lowest BCUT2D eigenvalue weighted by atomic mass is 9.99. The molecule has 0 spiro atoms. The van der Waals surface area contributed by atoms with Crippen LogP contribution in [0.15, 0.2) is 76.4 Å². The van der Waals surface area contributed by atoms with E-state index in [2.05, 4.69) is 0 Å². The molecule has 0 bridgehead atoms. The van der Waals surface area contributed by atoms with Crippen molar-refractivity contribution in [3.8, 4) is 28.5 Å². The van der Waals surface area contributed by atoms with Gasteiger partial charge in [0.15, 0.2) is 9.84 Å². The van der Waals surface area contributed by atoms with Gasteiger partial charge in [0.25, 0.3) is 5.56 Å². The molecule has 5 rings (SSSR count). The predicted octanol–water partition coefficient (Wildman–Crippen LogP) is 7.60. The molecule has 1 heterocycles. The first-order chi connectivity index (χ1) is 21.0. The number of nitrogens with zero attached hydrogens (tertiary/aromatic N) is 2. The molecule has 1 saturated carbocycles. The van der Waals surface area contributed by atoms with E-state index >= 15 is 0 Å². The van der Waals surface area contributed by atoms with Gasteiger partial charge in [0.1, 0.15) is 23.3 Å². The summed E-state index contributed by atoms with van der Waals surface area (Å²) in [6, 6.07) is 11.3. The van der Waals surface area contributed by atoms with E-state index in [-0.39, 0.29) is 33.9 Å². The molecule has 1 aliphatic carbocycles. The van der Waals surface area contributed by atoms with Gasteiger partial charge in [-0.15, -0.1) is 0 Å². The molecule has 0 aliphatic heterocycles. The molecule has 14 heteroatoms. The van der Waals surface area contributed by atoms with Crippen molar-refractivity contribution in [3.05, 3.63) is 111 Å². The SMILES string of the molecule is N#Cc1c(C(F)(F)F)cc(-c2ccc(-c3cc(C(F)(F)F)cc(S(=O)(=O)CC4CC4)c3)cc2)n(Cc2ccc(F)cc2F)c1=O. The molecule has 45 heavy (non-hydrogen) atoms. The first kappa shape index (κ1) is 31.9. The Balaban J connectivity index is 1.64. The molecule has 0 saturated heterocycles. The maximum absolute atomic E-state index is 14.5. The number of sulfone groups is 1. The van der Waals surface area contributed by atoms with E-state index in [1.807, 2.05) is 0 Å². The summed E-state index contributed by atoms with van der Waals surface area (Å²) < 4.78 is 137. The van der Waals surface area contributed by atoms with Gasteiger partial charge < -0.3 is 4.57 Å². The summed E-state index contributed by atoms with van der Waals surface area (Å²) >= 11 is 0. The minimum absolute atomic E-state index is 0.0677. The first-order valence-corrected chi connectivity index (χ1v) is 14.9. The minimum atomic E-state index is -5.14. The highest BCUT2D eigenvalue weighted by molar-refractivity contribution is 7.91. The van der Waals surface area contributed by atoms with Crippen LogP contribution in [0.3, 0.4) is 0 Å². The van der Waals surface area contributed by atoms with E-state index in [1.165, 1.54) is 30.3 Å². The number of pyridine rings is 1. The Morgan fingerprint density at radius 1 is 0.822 bits per heavy atom. The first-order valence-electron chi connectivity index (χ1n) is 13.2. The highest BCUT2D eigenvalue weighted by Crippen LogP contribution is 2.38. The van der Waals surface area contributed by atoms with E-state index in [0.29, 0.717) is 35.6 Å². The zero-order valence-corrected chi connectivity index (χ0v) is 23.6. The smallest absolute Gasteiger partial charge is 0.303 e. The Labute approximate surface area is 250 Å². The molecular formula is C31H20F8N2O3S. The van der Waals surface area contributed by atoms with Crippen molar-refractivity contribution in [1.82, 2.24) is 4.57 Å². The molecule has 5 nitrogen and oxygen atoms in total. The third-order valence-electron chi connectivity index (χ3n) is 7.32. The van der Waals surface area contributed by atoms with Crippen molar-refractivity contribution in [2.45, 2.75) is 36.6 Å². The van der Waals surface area contributed by atoms with E-state index in [0.717, 1.165) is 24.3 Å². The van der Waals surface area contributed by atoms with Crippen LogP contribution >= 0.6 is 0 Å². The van der Waals surface area contributed by atoms with Gasteiger partial charge in [-0.1, -0.05) is 30.3 Å². The lowest BCUT2D eigenvalue weighted by molar-refractivity contribution is -0.138. The normalized spacial score (nSPS) is 13.9. The van der Waals surface area contributed by atoms with Crippen molar-refractivity contribution in [2.24, 2.45) is 5.92 Å². The maximum Gasteiger partial charge on any atom is 0.417 e. The number of hydrogen-bond acceptors (Lipinski definition) is 4. The summed E-state index contributed by atoms with van der Waals surface area (Å²) in [4.78, 5) is 12.6. The fourth-order valence-electron chi connectivity index (χ4n) is 4.83. The van der Waals surface area contributed by atoms with Crippen molar-refractivity contribution in [3.63, 3.8) is 0 Å². The van der Waals surface area contributed by atoms with Crippen LogP contribution in [-0.2, 0) is 28.7 Å². The van der Waals surface area contributed by atoms with Crippen LogP contribution in [0.1, 0.15) is 35.1 Å². The van der Waals surface area contributed by atoms with Gasteiger partial charge in [-0.2, -0.15) is 31.6 Å². The van der Waals surface area contributed by atoms with Gasteiger partial charge in [-0.05, 0) is 65.8 Å². The summed E-state index contributed by atoms with van der Waals surface area (Å²) in [6.07, 6.45) is -8.73. The van der Waals surface area contributed by atoms with Gasteiger partial charge in [-0.3, -0.25) is 4.79 Å². The summed E-state index contributed by atoms with van der Waals surface area (Å²) in [5.74, 6) is -2.48. The summed E-state index contributed by atoms with van der Waals surface area (Å²) in [7, 11) is -4.06. The van der Waals surface area contributed by atoms with Gasteiger partial charge in [-0.25, -0.2) is 17.2 Å². The molecule has 3 aromatic carbocycles. The molecular weight excluding hydrogens is 632 g/mol. The number of halogens is 8. The molecule has 0 unspecified atom stereocenters. The Kier molecular flexibility index (Phi) is 8.11. The molecule has 1 fully saturated rings. The van der Waals surface area contributed by atoms with Crippen LogP contribution < -0.4 is 5.56 Å². The highest BCUT2D eigenvalue weighted by Gasteiger charge is 2.37. The molecule has 4 aromatic rings. The monoisotopic (exact) mass is 652 g/mol. The van der Waals surface area contributed by atoms with E-state index in [4.69, 9.17) is 0 Å². The third kappa shape index (κ3) is 6.78. The summed E-state index contributed by atoms with van der Waals surface area (Å²) in [6.45, 7) is -0.690. The van der Waals surface area contributed by atoms with Crippen LogP contribution in [0.5, 0.6) is 0 Å². The van der Waals surface area contributed by atoms with Crippen LogP contribution in [-0.4, -0.2) is 18.7 Å². The second kappa shape index (κ2) is 11.4. The van der Waals surface area contributed by atoms with Crippen molar-refractivity contribution in [1.29, 1.82) is 5.26 Å². The highest BCUT2D eigenvalue weighted by atomic mass is 32.2. The Morgan fingerprint density at radius 2 is 1.47 bits per heavy atom.